The predicted molar refractivity (Wildman–Crippen MR) is 65.0 cm³/mol. The summed E-state index contributed by atoms with van der Waals surface area (Å²) >= 11 is 3.04. The normalized spacial score (nSPS) is 10.5. The molecule has 0 spiro atoms. The number of hydrogen-bond donors (Lipinski definition) is 1. The lowest BCUT2D eigenvalue weighted by molar-refractivity contribution is 0.0702. The average Bonchev–Trinajstić information content (AvgIpc) is 2.87. The topological polar surface area (TPSA) is 50.4 Å². The van der Waals surface area contributed by atoms with Gasteiger partial charge in [-0.1, -0.05) is 0 Å². The summed E-state index contributed by atoms with van der Waals surface area (Å²) in [4.78, 5) is 12.1. The molecule has 0 radical (unpaired) electrons. The van der Waals surface area contributed by atoms with Crippen LogP contribution < -0.4 is 0 Å². The van der Waals surface area contributed by atoms with Crippen molar-refractivity contribution >= 4 is 29.1 Å². The molecule has 0 aliphatic heterocycles. The summed E-state index contributed by atoms with van der Waals surface area (Å²) in [7, 11) is 0. The molecular weight excluding hydrogens is 244 g/mol. The summed E-state index contributed by atoms with van der Waals surface area (Å²) in [6, 6.07) is 7.31. The Morgan fingerprint density at radius 3 is 2.88 bits per heavy atom. The quantitative estimate of drug-likeness (QED) is 0.887. The fraction of sp³-hybridized carbons (Fsp3) is 0.182. The Morgan fingerprint density at radius 1 is 1.38 bits per heavy atom. The number of rotatable bonds is 5. The van der Waals surface area contributed by atoms with Gasteiger partial charge in [-0.2, -0.15) is 0 Å². The molecule has 84 valence electrons. The van der Waals surface area contributed by atoms with Gasteiger partial charge in [0.1, 0.15) is 10.6 Å². The molecule has 0 aromatic carbocycles. The van der Waals surface area contributed by atoms with Gasteiger partial charge in [0, 0.05) is 10.6 Å². The van der Waals surface area contributed by atoms with E-state index in [1.807, 2.05) is 18.2 Å². The monoisotopic (exact) mass is 254 g/mol. The Hall–Kier alpha value is -1.20. The molecule has 0 amide bonds. The van der Waals surface area contributed by atoms with Crippen LogP contribution in [-0.2, 0) is 11.5 Å². The molecule has 16 heavy (non-hydrogen) atoms. The van der Waals surface area contributed by atoms with Crippen molar-refractivity contribution in [2.75, 3.05) is 0 Å². The van der Waals surface area contributed by atoms with Gasteiger partial charge < -0.3 is 9.52 Å². The Kier molecular flexibility index (Phi) is 3.69. The van der Waals surface area contributed by atoms with Crippen molar-refractivity contribution in [3.05, 3.63) is 46.0 Å². The van der Waals surface area contributed by atoms with Gasteiger partial charge in [0.15, 0.2) is 0 Å². The second-order valence-electron chi connectivity index (χ2n) is 3.14. The zero-order valence-corrected chi connectivity index (χ0v) is 10.0. The van der Waals surface area contributed by atoms with Crippen molar-refractivity contribution in [2.24, 2.45) is 0 Å². The number of carboxylic acid groups (broad SMARTS) is 1. The van der Waals surface area contributed by atoms with Gasteiger partial charge in [-0.25, -0.2) is 4.79 Å². The molecule has 0 saturated carbocycles. The summed E-state index contributed by atoms with van der Waals surface area (Å²) in [6.45, 7) is 0. The van der Waals surface area contributed by atoms with Gasteiger partial charge in [0.05, 0.1) is 12.0 Å². The lowest BCUT2D eigenvalue weighted by Crippen LogP contribution is -1.89. The number of furan rings is 1. The van der Waals surface area contributed by atoms with E-state index in [0.29, 0.717) is 4.88 Å². The average molecular weight is 254 g/mol. The summed E-state index contributed by atoms with van der Waals surface area (Å²) in [5.74, 6) is 1.72. The number of hydrogen-bond acceptors (Lipinski definition) is 4. The molecule has 0 fully saturated rings. The summed E-state index contributed by atoms with van der Waals surface area (Å²) in [6.07, 6.45) is 1.66. The highest BCUT2D eigenvalue weighted by molar-refractivity contribution is 7.97. The third-order valence-corrected chi connectivity index (χ3v) is 4.20. The molecule has 2 rings (SSSR count). The highest BCUT2D eigenvalue weighted by Gasteiger charge is 2.06. The predicted octanol–water partition coefficient (Wildman–Crippen LogP) is 3.47. The largest absolute Gasteiger partial charge is 0.477 e. The van der Waals surface area contributed by atoms with Crippen LogP contribution in [0.25, 0.3) is 0 Å². The molecule has 0 aliphatic carbocycles. The van der Waals surface area contributed by atoms with Crippen molar-refractivity contribution in [3.63, 3.8) is 0 Å². The first-order chi connectivity index (χ1) is 7.75. The molecule has 5 heteroatoms. The van der Waals surface area contributed by atoms with Crippen LogP contribution in [0.3, 0.4) is 0 Å². The van der Waals surface area contributed by atoms with Gasteiger partial charge in [0.25, 0.3) is 0 Å². The van der Waals surface area contributed by atoms with Crippen LogP contribution in [0.5, 0.6) is 0 Å². The van der Waals surface area contributed by atoms with E-state index in [4.69, 9.17) is 9.52 Å². The molecule has 0 atom stereocenters. The summed E-state index contributed by atoms with van der Waals surface area (Å²) < 4.78 is 5.20. The number of thioether (sulfide) groups is 1. The summed E-state index contributed by atoms with van der Waals surface area (Å²) in [5.41, 5.74) is 0. The Bertz CT molecular complexity index is 459. The van der Waals surface area contributed by atoms with Crippen molar-refractivity contribution in [1.29, 1.82) is 0 Å². The molecule has 2 aromatic rings. The molecule has 0 unspecified atom stereocenters. The number of carbonyl (C=O) groups is 1. The van der Waals surface area contributed by atoms with Crippen LogP contribution in [0.4, 0.5) is 0 Å². The lowest BCUT2D eigenvalue weighted by atomic mass is 10.4. The van der Waals surface area contributed by atoms with Crippen LogP contribution in [0, 0.1) is 0 Å². The minimum Gasteiger partial charge on any atom is -0.477 e. The maximum absolute atomic E-state index is 10.7. The van der Waals surface area contributed by atoms with E-state index >= 15 is 0 Å². The lowest BCUT2D eigenvalue weighted by Gasteiger charge is -1.95. The maximum atomic E-state index is 10.7. The zero-order chi connectivity index (χ0) is 11.4. The Balaban J connectivity index is 1.83. The first-order valence-corrected chi connectivity index (χ1v) is 6.65. The number of thiophene rings is 1. The van der Waals surface area contributed by atoms with Crippen LogP contribution in [0.1, 0.15) is 20.3 Å². The molecule has 0 saturated heterocycles. The molecule has 0 bridgehead atoms. The van der Waals surface area contributed by atoms with Crippen LogP contribution >= 0.6 is 23.1 Å². The number of aromatic carboxylic acids is 1. The van der Waals surface area contributed by atoms with Crippen LogP contribution in [-0.4, -0.2) is 11.1 Å². The fourth-order valence-corrected chi connectivity index (χ4v) is 3.11. The minimum atomic E-state index is -0.854. The van der Waals surface area contributed by atoms with Crippen LogP contribution in [0.2, 0.25) is 0 Å². The summed E-state index contributed by atoms with van der Waals surface area (Å²) in [5, 5.41) is 8.76. The van der Waals surface area contributed by atoms with Gasteiger partial charge in [-0.15, -0.1) is 23.1 Å². The molecule has 1 N–H and O–H groups in total. The third kappa shape index (κ3) is 2.90. The van der Waals surface area contributed by atoms with Gasteiger partial charge >= 0.3 is 5.97 Å². The Morgan fingerprint density at radius 2 is 2.25 bits per heavy atom. The standard InChI is InChI=1S/C11H10O3S2/c12-11(13)10-4-3-9(16-10)7-15-6-8-2-1-5-14-8/h1-5H,6-7H2,(H,12,13). The molecule has 3 nitrogen and oxygen atoms in total. The van der Waals surface area contributed by atoms with E-state index in [1.165, 1.54) is 11.3 Å². The van der Waals surface area contributed by atoms with E-state index in [-0.39, 0.29) is 0 Å². The van der Waals surface area contributed by atoms with Gasteiger partial charge in [0.2, 0.25) is 0 Å². The fourth-order valence-electron chi connectivity index (χ4n) is 1.22. The van der Waals surface area contributed by atoms with Gasteiger partial charge in [-0.05, 0) is 24.3 Å². The SMILES string of the molecule is O=C(O)c1ccc(CSCc2ccco2)s1. The first kappa shape index (κ1) is 11.3. The van der Waals surface area contributed by atoms with Crippen molar-refractivity contribution < 1.29 is 14.3 Å². The molecule has 0 aliphatic rings. The van der Waals surface area contributed by atoms with E-state index in [9.17, 15) is 4.79 Å². The maximum Gasteiger partial charge on any atom is 0.345 e. The molecule has 2 heterocycles. The second-order valence-corrected chi connectivity index (χ2v) is 5.30. The highest BCUT2D eigenvalue weighted by atomic mass is 32.2. The van der Waals surface area contributed by atoms with Crippen molar-refractivity contribution in [3.8, 4) is 0 Å². The number of carboxylic acids is 1. The van der Waals surface area contributed by atoms with Gasteiger partial charge in [-0.3, -0.25) is 0 Å². The third-order valence-electron chi connectivity index (χ3n) is 1.94. The van der Waals surface area contributed by atoms with E-state index < -0.39 is 5.97 Å². The molecular formula is C11H10O3S2. The van der Waals surface area contributed by atoms with E-state index in [1.54, 1.807) is 24.1 Å². The van der Waals surface area contributed by atoms with E-state index in [0.717, 1.165) is 22.1 Å². The van der Waals surface area contributed by atoms with Crippen molar-refractivity contribution in [2.45, 2.75) is 11.5 Å². The second kappa shape index (κ2) is 5.23. The molecule has 2 aromatic heterocycles. The first-order valence-electron chi connectivity index (χ1n) is 4.68. The smallest absolute Gasteiger partial charge is 0.345 e. The highest BCUT2D eigenvalue weighted by Crippen LogP contribution is 2.23. The minimum absolute atomic E-state index is 0.397. The van der Waals surface area contributed by atoms with Crippen molar-refractivity contribution in [1.82, 2.24) is 0 Å². The Labute approximate surface area is 101 Å². The van der Waals surface area contributed by atoms with Crippen LogP contribution in [0.15, 0.2) is 34.9 Å². The zero-order valence-electron chi connectivity index (χ0n) is 8.38. The van der Waals surface area contributed by atoms with E-state index in [2.05, 4.69) is 0 Å².